The van der Waals surface area contributed by atoms with Gasteiger partial charge >= 0.3 is 0 Å². The van der Waals surface area contributed by atoms with Crippen LogP contribution < -0.4 is 31.7 Å². The van der Waals surface area contributed by atoms with Gasteiger partial charge in [-0.25, -0.2) is 0 Å². The minimum Gasteiger partial charge on any atom is -0.496 e. The van der Waals surface area contributed by atoms with Crippen LogP contribution in [0.3, 0.4) is 0 Å². The molecule has 0 unspecified atom stereocenters. The second-order valence-electron chi connectivity index (χ2n) is 10.2. The van der Waals surface area contributed by atoms with Crippen LogP contribution in [0.15, 0.2) is 54.6 Å². The average Bonchev–Trinajstić information content (AvgIpc) is 2.99. The molecule has 41 heavy (non-hydrogen) atoms. The summed E-state index contributed by atoms with van der Waals surface area (Å²) in [6.45, 7) is 3.33. The molecule has 0 radical (unpaired) electrons. The van der Waals surface area contributed by atoms with Gasteiger partial charge in [-0.15, -0.1) is 0 Å². The molecular weight excluding hydrogens is 518 g/mol. The molecule has 0 heterocycles. The van der Waals surface area contributed by atoms with E-state index in [1.165, 1.54) is 12.8 Å². The van der Waals surface area contributed by atoms with Crippen LogP contribution in [-0.4, -0.2) is 63.6 Å². The number of hydrogen-bond acceptors (Lipinski definition) is 6. The van der Waals surface area contributed by atoms with E-state index in [-0.39, 0.29) is 30.7 Å². The van der Waals surface area contributed by atoms with E-state index < -0.39 is 6.04 Å². The summed E-state index contributed by atoms with van der Waals surface area (Å²) in [6.07, 6.45) is 9.16. The number of carbonyl (C=O) groups excluding carboxylic acids is 3. The fourth-order valence-electron chi connectivity index (χ4n) is 4.54. The van der Waals surface area contributed by atoms with Gasteiger partial charge in [0.2, 0.25) is 17.7 Å². The van der Waals surface area contributed by atoms with Crippen molar-refractivity contribution in [3.8, 4) is 5.75 Å². The van der Waals surface area contributed by atoms with E-state index in [1.807, 2.05) is 54.6 Å². The maximum atomic E-state index is 13.0. The van der Waals surface area contributed by atoms with Gasteiger partial charge in [0.05, 0.1) is 20.1 Å². The molecule has 9 heteroatoms. The maximum absolute atomic E-state index is 13.0. The Bertz CT molecular complexity index is 1020. The third-order valence-corrected chi connectivity index (χ3v) is 6.85. The first-order chi connectivity index (χ1) is 20.0. The summed E-state index contributed by atoms with van der Waals surface area (Å²) in [7, 11) is 1.58. The first kappa shape index (κ1) is 33.8. The number of hydrogen-bond donors (Lipinski definition) is 5. The number of methoxy groups -OCH3 is 1. The highest BCUT2D eigenvalue weighted by Crippen LogP contribution is 2.17. The van der Waals surface area contributed by atoms with Gasteiger partial charge in [-0.1, -0.05) is 74.2 Å². The lowest BCUT2D eigenvalue weighted by Gasteiger charge is -2.19. The molecule has 2 rings (SSSR count). The van der Waals surface area contributed by atoms with Gasteiger partial charge in [0.1, 0.15) is 11.8 Å². The number of rotatable bonds is 22. The fourth-order valence-corrected chi connectivity index (χ4v) is 4.54. The van der Waals surface area contributed by atoms with E-state index >= 15 is 0 Å². The first-order valence-corrected chi connectivity index (χ1v) is 14.9. The summed E-state index contributed by atoms with van der Waals surface area (Å²) in [5, 5.41) is 12.2. The highest BCUT2D eigenvalue weighted by atomic mass is 16.5. The van der Waals surface area contributed by atoms with E-state index in [4.69, 9.17) is 10.5 Å². The molecule has 3 amide bonds. The molecule has 226 valence electrons. The zero-order valence-electron chi connectivity index (χ0n) is 24.6. The summed E-state index contributed by atoms with van der Waals surface area (Å²) in [5.41, 5.74) is 7.04. The Morgan fingerprint density at radius 2 is 1.32 bits per heavy atom. The molecule has 0 aliphatic rings. The molecule has 0 bridgehead atoms. The monoisotopic (exact) mass is 567 g/mol. The van der Waals surface area contributed by atoms with Crippen LogP contribution in [0.5, 0.6) is 5.75 Å². The fraction of sp³-hybridized carbons (Fsp3) is 0.531. The number of unbranched alkanes of at least 4 members (excludes halogenated alkanes) is 6. The molecule has 6 N–H and O–H groups in total. The van der Waals surface area contributed by atoms with Gasteiger partial charge in [0.15, 0.2) is 0 Å². The maximum Gasteiger partial charge on any atom is 0.242 e. The lowest BCUT2D eigenvalue weighted by atomic mass is 10.0. The number of benzene rings is 2. The van der Waals surface area contributed by atoms with Crippen molar-refractivity contribution < 1.29 is 19.1 Å². The number of amides is 3. The van der Waals surface area contributed by atoms with Crippen molar-refractivity contribution in [1.29, 1.82) is 0 Å². The molecule has 1 atom stereocenters. The Hall–Kier alpha value is -3.43. The molecule has 0 saturated carbocycles. The highest BCUT2D eigenvalue weighted by Gasteiger charge is 2.21. The quantitative estimate of drug-likeness (QED) is 0.139. The van der Waals surface area contributed by atoms with Crippen LogP contribution >= 0.6 is 0 Å². The minimum atomic E-state index is -0.647. The Balaban J connectivity index is 1.61. The molecule has 2 aromatic carbocycles. The Morgan fingerprint density at radius 1 is 0.732 bits per heavy atom. The molecule has 0 fully saturated rings. The summed E-state index contributed by atoms with van der Waals surface area (Å²) in [5.74, 6) is 0.187. The summed E-state index contributed by atoms with van der Waals surface area (Å²) >= 11 is 0. The molecule has 2 aromatic rings. The normalized spacial score (nSPS) is 11.5. The predicted octanol–water partition coefficient (Wildman–Crippen LogP) is 2.87. The van der Waals surface area contributed by atoms with Crippen molar-refractivity contribution >= 4 is 17.7 Å². The molecule has 0 saturated heterocycles. The van der Waals surface area contributed by atoms with Crippen molar-refractivity contribution in [2.75, 3.05) is 39.8 Å². The minimum absolute atomic E-state index is 0.0569. The SMILES string of the molecule is COc1ccccc1CC(=O)N[C@@H](Cc1ccccc1)C(=O)NCCCCCNCCCCCCCNC(=O)CN. The molecule has 0 spiro atoms. The Kier molecular flexibility index (Phi) is 17.6. The van der Waals surface area contributed by atoms with Gasteiger partial charge in [-0.2, -0.15) is 0 Å². The van der Waals surface area contributed by atoms with E-state index in [9.17, 15) is 14.4 Å². The molecular formula is C32H49N5O4. The van der Waals surface area contributed by atoms with E-state index in [0.717, 1.165) is 62.7 Å². The van der Waals surface area contributed by atoms with Crippen molar-refractivity contribution in [3.63, 3.8) is 0 Å². The van der Waals surface area contributed by atoms with Crippen molar-refractivity contribution in [2.45, 2.75) is 70.3 Å². The van der Waals surface area contributed by atoms with Gasteiger partial charge in [-0.3, -0.25) is 14.4 Å². The van der Waals surface area contributed by atoms with Crippen LogP contribution in [-0.2, 0) is 27.2 Å². The highest BCUT2D eigenvalue weighted by molar-refractivity contribution is 5.88. The van der Waals surface area contributed by atoms with E-state index in [2.05, 4.69) is 21.3 Å². The number of nitrogens with one attached hydrogen (secondary N) is 4. The largest absolute Gasteiger partial charge is 0.496 e. The number of para-hydroxylation sites is 1. The second kappa shape index (κ2) is 21.3. The molecule has 9 nitrogen and oxygen atoms in total. The standard InChI is InChI=1S/C32H49N5O4/c1-41-29-18-10-9-17-27(29)24-30(38)37-28(23-26-15-7-5-8-16-26)32(40)36-22-14-6-12-20-34-19-11-3-2-4-13-21-35-31(39)25-33/h5,7-10,15-18,28,34H,2-4,6,11-14,19-25,33H2,1H3,(H,35,39)(H,36,40)(H,37,38)/t28-/m0/s1. The van der Waals surface area contributed by atoms with Gasteiger partial charge in [0, 0.05) is 25.1 Å². The summed E-state index contributed by atoms with van der Waals surface area (Å²) < 4.78 is 5.36. The van der Waals surface area contributed by atoms with Crippen molar-refractivity contribution in [2.24, 2.45) is 5.73 Å². The summed E-state index contributed by atoms with van der Waals surface area (Å²) in [6, 6.07) is 16.5. The molecule has 0 aliphatic heterocycles. The third kappa shape index (κ3) is 15.2. The van der Waals surface area contributed by atoms with Crippen LogP contribution in [0.2, 0.25) is 0 Å². The zero-order valence-corrected chi connectivity index (χ0v) is 24.6. The first-order valence-electron chi connectivity index (χ1n) is 14.9. The Morgan fingerprint density at radius 3 is 2.00 bits per heavy atom. The zero-order chi connectivity index (χ0) is 29.5. The van der Waals surface area contributed by atoms with Crippen molar-refractivity contribution in [3.05, 3.63) is 65.7 Å². The number of nitrogens with two attached hydrogens (primary N) is 1. The van der Waals surface area contributed by atoms with Gasteiger partial charge in [-0.05, 0) is 50.4 Å². The average molecular weight is 568 g/mol. The smallest absolute Gasteiger partial charge is 0.242 e. The molecule has 0 aromatic heterocycles. The number of ether oxygens (including phenoxy) is 1. The Labute approximate surface area is 245 Å². The predicted molar refractivity (Wildman–Crippen MR) is 164 cm³/mol. The third-order valence-electron chi connectivity index (χ3n) is 6.85. The second-order valence-corrected chi connectivity index (χ2v) is 10.2. The van der Waals surface area contributed by atoms with Gasteiger partial charge in [0.25, 0.3) is 0 Å². The van der Waals surface area contributed by atoms with E-state index in [1.54, 1.807) is 7.11 Å². The van der Waals surface area contributed by atoms with Crippen LogP contribution in [0.1, 0.15) is 62.5 Å². The van der Waals surface area contributed by atoms with Crippen LogP contribution in [0.25, 0.3) is 0 Å². The topological polar surface area (TPSA) is 135 Å². The van der Waals surface area contributed by atoms with Crippen LogP contribution in [0.4, 0.5) is 0 Å². The lowest BCUT2D eigenvalue weighted by molar-refractivity contribution is -0.128. The lowest BCUT2D eigenvalue weighted by Crippen LogP contribution is -2.48. The van der Waals surface area contributed by atoms with Crippen molar-refractivity contribution in [1.82, 2.24) is 21.3 Å². The van der Waals surface area contributed by atoms with Gasteiger partial charge < -0.3 is 31.7 Å². The molecule has 0 aliphatic carbocycles. The van der Waals surface area contributed by atoms with Crippen LogP contribution in [0, 0.1) is 0 Å². The summed E-state index contributed by atoms with van der Waals surface area (Å²) in [4.78, 5) is 37.0. The van der Waals surface area contributed by atoms with E-state index in [0.29, 0.717) is 25.3 Å². The number of carbonyl (C=O) groups is 3.